The Morgan fingerprint density at radius 2 is 1.86 bits per heavy atom. The van der Waals surface area contributed by atoms with E-state index in [2.05, 4.69) is 10.2 Å². The molecular weight excluding hydrogens is 327 g/mol. The van der Waals surface area contributed by atoms with Crippen LogP contribution in [0.1, 0.15) is 12.8 Å². The largest absolute Gasteiger partial charge is 0.347 e. The van der Waals surface area contributed by atoms with Crippen molar-refractivity contribution in [1.29, 1.82) is 0 Å². The van der Waals surface area contributed by atoms with Gasteiger partial charge in [0.2, 0.25) is 5.91 Å². The zero-order valence-electron chi connectivity index (χ0n) is 12.1. The molecule has 2 fully saturated rings. The van der Waals surface area contributed by atoms with Gasteiger partial charge in [-0.2, -0.15) is 0 Å². The number of halogens is 2. The Labute approximate surface area is 139 Å². The Morgan fingerprint density at radius 1 is 1.18 bits per heavy atom. The number of nitrogens with zero attached hydrogens (tertiary/aromatic N) is 1. The maximum absolute atomic E-state index is 12.1. The monoisotopic (exact) mass is 344 g/mol. The number of carbonyl (C=O) groups excluding carboxylic acids is 1. The normalized spacial score (nSPS) is 21.2. The molecule has 5 nitrogen and oxygen atoms in total. The minimum absolute atomic E-state index is 0.0670. The van der Waals surface area contributed by atoms with Crippen LogP contribution < -0.4 is 5.32 Å². The molecule has 0 saturated carbocycles. The third-order valence-corrected chi connectivity index (χ3v) is 4.74. The number of carbonyl (C=O) groups is 1. The number of benzene rings is 1. The Morgan fingerprint density at radius 3 is 2.50 bits per heavy atom. The van der Waals surface area contributed by atoms with Crippen LogP contribution in [-0.2, 0) is 14.3 Å². The second-order valence-electron chi connectivity index (χ2n) is 5.56. The molecule has 0 aromatic heterocycles. The smallest absolute Gasteiger partial charge is 0.238 e. The summed E-state index contributed by atoms with van der Waals surface area (Å²) in [5.74, 6) is -0.473. The number of rotatable bonds is 3. The molecule has 3 rings (SSSR count). The number of hydrogen-bond acceptors (Lipinski definition) is 4. The Balaban J connectivity index is 1.49. The number of nitrogens with one attached hydrogen (secondary N) is 1. The molecular formula is C15H18Cl2N2O3. The average Bonchev–Trinajstić information content (AvgIpc) is 2.94. The molecule has 1 N–H and O–H groups in total. The molecule has 22 heavy (non-hydrogen) atoms. The number of ether oxygens (including phenoxy) is 2. The molecule has 7 heteroatoms. The summed E-state index contributed by atoms with van der Waals surface area (Å²) in [6.45, 7) is 3.25. The quantitative estimate of drug-likeness (QED) is 0.915. The van der Waals surface area contributed by atoms with Gasteiger partial charge < -0.3 is 14.8 Å². The first-order valence-corrected chi connectivity index (χ1v) is 8.07. The van der Waals surface area contributed by atoms with E-state index in [0.717, 1.165) is 25.9 Å². The minimum atomic E-state index is -0.406. The Hall–Kier alpha value is -0.850. The van der Waals surface area contributed by atoms with Crippen molar-refractivity contribution in [2.24, 2.45) is 0 Å². The van der Waals surface area contributed by atoms with Gasteiger partial charge in [0.15, 0.2) is 5.79 Å². The van der Waals surface area contributed by atoms with E-state index < -0.39 is 5.79 Å². The standard InChI is InChI=1S/C15H18Cl2N2O3/c16-12-2-1-11(9-13(12)17)18-14(20)10-19-5-3-15(4-6-19)21-7-8-22-15/h1-2,9H,3-8,10H2,(H,18,20). The number of amides is 1. The Kier molecular flexibility index (Phi) is 4.90. The summed E-state index contributed by atoms with van der Waals surface area (Å²) in [4.78, 5) is 14.2. The summed E-state index contributed by atoms with van der Waals surface area (Å²) in [5.41, 5.74) is 0.648. The third kappa shape index (κ3) is 3.73. The molecule has 2 aliphatic heterocycles. The zero-order valence-corrected chi connectivity index (χ0v) is 13.6. The van der Waals surface area contributed by atoms with Crippen molar-refractivity contribution in [3.8, 4) is 0 Å². The third-order valence-electron chi connectivity index (χ3n) is 4.00. The fourth-order valence-electron chi connectivity index (χ4n) is 2.82. The van der Waals surface area contributed by atoms with Gasteiger partial charge in [0.05, 0.1) is 29.8 Å². The van der Waals surface area contributed by atoms with E-state index in [1.807, 2.05) is 0 Å². The number of piperidine rings is 1. The summed E-state index contributed by atoms with van der Waals surface area (Å²) < 4.78 is 11.4. The van der Waals surface area contributed by atoms with Crippen molar-refractivity contribution in [3.05, 3.63) is 28.2 Å². The molecule has 1 spiro atoms. The van der Waals surface area contributed by atoms with Crippen LogP contribution in [0.2, 0.25) is 10.0 Å². The van der Waals surface area contributed by atoms with Crippen molar-refractivity contribution in [1.82, 2.24) is 4.90 Å². The molecule has 0 radical (unpaired) electrons. The van der Waals surface area contributed by atoms with Gasteiger partial charge in [-0.3, -0.25) is 9.69 Å². The van der Waals surface area contributed by atoms with Crippen molar-refractivity contribution in [2.75, 3.05) is 38.2 Å². The molecule has 2 heterocycles. The van der Waals surface area contributed by atoms with Crippen molar-refractivity contribution >= 4 is 34.8 Å². The van der Waals surface area contributed by atoms with Gasteiger partial charge in [0.1, 0.15) is 0 Å². The number of likely N-dealkylation sites (tertiary alicyclic amines) is 1. The highest BCUT2D eigenvalue weighted by atomic mass is 35.5. The topological polar surface area (TPSA) is 50.8 Å². The summed E-state index contributed by atoms with van der Waals surface area (Å²) in [5, 5.41) is 3.73. The molecule has 1 aromatic carbocycles. The molecule has 2 aliphatic rings. The molecule has 0 bridgehead atoms. The van der Waals surface area contributed by atoms with Crippen LogP contribution in [0.4, 0.5) is 5.69 Å². The van der Waals surface area contributed by atoms with Crippen LogP contribution >= 0.6 is 23.2 Å². The summed E-state index contributed by atoms with van der Waals surface area (Å²) in [6, 6.07) is 5.05. The van der Waals surface area contributed by atoms with E-state index in [9.17, 15) is 4.79 Å². The van der Waals surface area contributed by atoms with Gasteiger partial charge in [-0.05, 0) is 18.2 Å². The molecule has 1 aromatic rings. The molecule has 0 aliphatic carbocycles. The molecule has 0 unspecified atom stereocenters. The van der Waals surface area contributed by atoms with Gasteiger partial charge in [0, 0.05) is 31.6 Å². The van der Waals surface area contributed by atoms with Crippen LogP contribution in [0.15, 0.2) is 18.2 Å². The number of anilines is 1. The molecule has 120 valence electrons. The van der Waals surface area contributed by atoms with E-state index in [1.165, 1.54) is 0 Å². The van der Waals surface area contributed by atoms with E-state index in [-0.39, 0.29) is 5.91 Å². The fraction of sp³-hybridized carbons (Fsp3) is 0.533. The predicted octanol–water partition coefficient (Wildman–Crippen LogP) is 2.77. The second-order valence-corrected chi connectivity index (χ2v) is 6.38. The van der Waals surface area contributed by atoms with Gasteiger partial charge in [0.25, 0.3) is 0 Å². The van der Waals surface area contributed by atoms with E-state index in [1.54, 1.807) is 18.2 Å². The van der Waals surface area contributed by atoms with Gasteiger partial charge in [-0.1, -0.05) is 23.2 Å². The fourth-order valence-corrected chi connectivity index (χ4v) is 3.11. The highest BCUT2D eigenvalue weighted by Gasteiger charge is 2.39. The summed E-state index contributed by atoms with van der Waals surface area (Å²) in [7, 11) is 0. The lowest BCUT2D eigenvalue weighted by atomic mass is 10.0. The number of hydrogen-bond donors (Lipinski definition) is 1. The van der Waals surface area contributed by atoms with E-state index >= 15 is 0 Å². The summed E-state index contributed by atoms with van der Waals surface area (Å²) in [6.07, 6.45) is 1.60. The first-order chi connectivity index (χ1) is 10.6. The highest BCUT2D eigenvalue weighted by molar-refractivity contribution is 6.42. The lowest BCUT2D eigenvalue weighted by Gasteiger charge is -2.37. The second kappa shape index (κ2) is 6.72. The van der Waals surface area contributed by atoms with E-state index in [4.69, 9.17) is 32.7 Å². The van der Waals surface area contributed by atoms with Crippen molar-refractivity contribution in [3.63, 3.8) is 0 Å². The van der Waals surface area contributed by atoms with Crippen LogP contribution in [-0.4, -0.2) is 49.4 Å². The maximum atomic E-state index is 12.1. The maximum Gasteiger partial charge on any atom is 0.238 e. The van der Waals surface area contributed by atoms with Crippen LogP contribution in [0, 0.1) is 0 Å². The first kappa shape index (κ1) is 16.0. The average molecular weight is 345 g/mol. The SMILES string of the molecule is O=C(CN1CCC2(CC1)OCCO2)Nc1ccc(Cl)c(Cl)c1. The van der Waals surface area contributed by atoms with Gasteiger partial charge >= 0.3 is 0 Å². The van der Waals surface area contributed by atoms with Gasteiger partial charge in [-0.15, -0.1) is 0 Å². The molecule has 2 saturated heterocycles. The first-order valence-electron chi connectivity index (χ1n) is 7.32. The lowest BCUT2D eigenvalue weighted by molar-refractivity contribution is -0.185. The van der Waals surface area contributed by atoms with Crippen molar-refractivity contribution in [2.45, 2.75) is 18.6 Å². The predicted molar refractivity (Wildman–Crippen MR) is 85.4 cm³/mol. The lowest BCUT2D eigenvalue weighted by Crippen LogP contribution is -2.47. The van der Waals surface area contributed by atoms with E-state index in [0.29, 0.717) is 35.5 Å². The highest BCUT2D eigenvalue weighted by Crippen LogP contribution is 2.31. The molecule has 0 atom stereocenters. The van der Waals surface area contributed by atoms with Crippen molar-refractivity contribution < 1.29 is 14.3 Å². The van der Waals surface area contributed by atoms with Gasteiger partial charge in [-0.25, -0.2) is 0 Å². The molecule has 1 amide bonds. The van der Waals surface area contributed by atoms with Crippen LogP contribution in [0.25, 0.3) is 0 Å². The Bertz CT molecular complexity index is 552. The minimum Gasteiger partial charge on any atom is -0.347 e. The van der Waals surface area contributed by atoms with Crippen LogP contribution in [0.3, 0.4) is 0 Å². The summed E-state index contributed by atoms with van der Waals surface area (Å²) >= 11 is 11.8. The van der Waals surface area contributed by atoms with Crippen LogP contribution in [0.5, 0.6) is 0 Å². The zero-order chi connectivity index (χ0) is 15.6.